The van der Waals surface area contributed by atoms with Crippen LogP contribution >= 0.6 is 0 Å². The third-order valence-electron chi connectivity index (χ3n) is 1.85. The Bertz CT molecular complexity index is 307. The van der Waals surface area contributed by atoms with Gasteiger partial charge in [0.1, 0.15) is 0 Å². The Kier molecular flexibility index (Phi) is 2.88. The van der Waals surface area contributed by atoms with Crippen molar-refractivity contribution in [3.63, 3.8) is 0 Å². The minimum atomic E-state index is 0.667. The molecule has 12 heavy (non-hydrogen) atoms. The highest BCUT2D eigenvalue weighted by atomic mass is 14.2. The summed E-state index contributed by atoms with van der Waals surface area (Å²) in [5.74, 6) is 0. The summed E-state index contributed by atoms with van der Waals surface area (Å²) in [5.41, 5.74) is 2.84. The molecule has 0 saturated carbocycles. The lowest BCUT2D eigenvalue weighted by atomic mass is 10.0. The lowest BCUT2D eigenvalue weighted by Gasteiger charge is -2.02. The maximum atomic E-state index is 8.77. The summed E-state index contributed by atoms with van der Waals surface area (Å²) in [6.07, 6.45) is 1.40. The second-order valence-electron chi connectivity index (χ2n) is 2.60. The van der Waals surface area contributed by atoms with Gasteiger partial charge in [-0.2, -0.15) is 5.26 Å². The SMILES string of the molecule is [CH2]Cc1ccc(C[CH2])c(C#N)c1. The average Bonchev–Trinajstić information content (AvgIpc) is 2.16. The van der Waals surface area contributed by atoms with Crippen molar-refractivity contribution in [1.82, 2.24) is 0 Å². The predicted molar refractivity (Wildman–Crippen MR) is 49.3 cm³/mol. The molecule has 0 spiro atoms. The zero-order valence-corrected chi connectivity index (χ0v) is 7.01. The first-order valence-electron chi connectivity index (χ1n) is 3.92. The molecule has 60 valence electrons. The van der Waals surface area contributed by atoms with Crippen molar-refractivity contribution in [2.24, 2.45) is 0 Å². The molecule has 0 amide bonds. The standard InChI is InChI=1S/C11H11N/c1-3-9-5-6-10(4-2)11(7-9)8-12/h5-7H,1-4H2. The maximum absolute atomic E-state index is 8.77. The summed E-state index contributed by atoms with van der Waals surface area (Å²) in [5, 5.41) is 8.77. The van der Waals surface area contributed by atoms with E-state index in [0.29, 0.717) is 6.42 Å². The third-order valence-corrected chi connectivity index (χ3v) is 1.85. The summed E-state index contributed by atoms with van der Waals surface area (Å²) >= 11 is 0. The highest BCUT2D eigenvalue weighted by Crippen LogP contribution is 2.11. The van der Waals surface area contributed by atoms with E-state index in [4.69, 9.17) is 5.26 Å². The van der Waals surface area contributed by atoms with Gasteiger partial charge in [0.15, 0.2) is 0 Å². The van der Waals surface area contributed by atoms with Crippen LogP contribution in [0.5, 0.6) is 0 Å². The number of nitrogens with zero attached hydrogens (tertiary/aromatic N) is 1. The van der Waals surface area contributed by atoms with E-state index < -0.39 is 0 Å². The van der Waals surface area contributed by atoms with Crippen LogP contribution in [0.25, 0.3) is 0 Å². The van der Waals surface area contributed by atoms with E-state index in [2.05, 4.69) is 19.9 Å². The fraction of sp³-hybridized carbons (Fsp3) is 0.182. The molecular weight excluding hydrogens is 146 g/mol. The number of nitriles is 1. The molecule has 0 saturated heterocycles. The molecule has 0 bridgehead atoms. The van der Waals surface area contributed by atoms with Gasteiger partial charge in [-0.25, -0.2) is 0 Å². The Morgan fingerprint density at radius 3 is 2.50 bits per heavy atom. The molecule has 0 aliphatic rings. The number of hydrogen-bond acceptors (Lipinski definition) is 1. The quantitative estimate of drug-likeness (QED) is 0.646. The van der Waals surface area contributed by atoms with E-state index in [9.17, 15) is 0 Å². The van der Waals surface area contributed by atoms with Crippen LogP contribution in [0.4, 0.5) is 0 Å². The zero-order valence-electron chi connectivity index (χ0n) is 7.01. The second-order valence-corrected chi connectivity index (χ2v) is 2.60. The Morgan fingerprint density at radius 2 is 2.00 bits per heavy atom. The van der Waals surface area contributed by atoms with Gasteiger partial charge in [0.05, 0.1) is 11.6 Å². The van der Waals surface area contributed by atoms with Gasteiger partial charge in [0.25, 0.3) is 0 Å². The molecule has 2 radical (unpaired) electrons. The van der Waals surface area contributed by atoms with E-state index in [1.54, 1.807) is 0 Å². The molecule has 1 nitrogen and oxygen atoms in total. The average molecular weight is 157 g/mol. The molecule has 0 unspecified atom stereocenters. The number of benzene rings is 1. The van der Waals surface area contributed by atoms with Gasteiger partial charge in [-0.1, -0.05) is 12.1 Å². The molecular formula is C11H11N. The first-order chi connectivity index (χ1) is 5.81. The Balaban J connectivity index is 3.13. The Morgan fingerprint density at radius 1 is 1.25 bits per heavy atom. The molecule has 0 N–H and O–H groups in total. The molecule has 0 fully saturated rings. The largest absolute Gasteiger partial charge is 0.192 e. The lowest BCUT2D eigenvalue weighted by Crippen LogP contribution is -1.90. The molecule has 1 heteroatoms. The van der Waals surface area contributed by atoms with E-state index in [1.165, 1.54) is 0 Å². The fourth-order valence-corrected chi connectivity index (χ4v) is 1.10. The van der Waals surface area contributed by atoms with Crippen molar-refractivity contribution >= 4 is 0 Å². The Hall–Kier alpha value is -1.29. The van der Waals surface area contributed by atoms with Crippen molar-refractivity contribution in [2.45, 2.75) is 12.8 Å². The fourth-order valence-electron chi connectivity index (χ4n) is 1.10. The van der Waals surface area contributed by atoms with Crippen molar-refractivity contribution in [2.75, 3.05) is 0 Å². The highest BCUT2D eigenvalue weighted by molar-refractivity contribution is 5.41. The van der Waals surface area contributed by atoms with Crippen LogP contribution in [-0.4, -0.2) is 0 Å². The van der Waals surface area contributed by atoms with Crippen molar-refractivity contribution in [3.05, 3.63) is 48.7 Å². The van der Waals surface area contributed by atoms with Gasteiger partial charge in [-0.15, -0.1) is 0 Å². The normalized spacial score (nSPS) is 9.42. The van der Waals surface area contributed by atoms with Crippen LogP contribution in [0.15, 0.2) is 18.2 Å². The van der Waals surface area contributed by atoms with Gasteiger partial charge >= 0.3 is 0 Å². The van der Waals surface area contributed by atoms with Gasteiger partial charge in [-0.3, -0.25) is 0 Å². The highest BCUT2D eigenvalue weighted by Gasteiger charge is 1.99. The first-order valence-corrected chi connectivity index (χ1v) is 3.92. The summed E-state index contributed by atoms with van der Waals surface area (Å²) in [7, 11) is 0. The van der Waals surface area contributed by atoms with E-state index in [0.717, 1.165) is 23.1 Å². The zero-order chi connectivity index (χ0) is 8.97. The second kappa shape index (κ2) is 3.92. The number of rotatable bonds is 2. The molecule has 0 aliphatic carbocycles. The van der Waals surface area contributed by atoms with Crippen LogP contribution < -0.4 is 0 Å². The van der Waals surface area contributed by atoms with Crippen molar-refractivity contribution < 1.29 is 0 Å². The minimum Gasteiger partial charge on any atom is -0.192 e. The minimum absolute atomic E-state index is 0.667. The summed E-state index contributed by atoms with van der Waals surface area (Å²) < 4.78 is 0. The Labute approximate surface area is 73.6 Å². The van der Waals surface area contributed by atoms with E-state index >= 15 is 0 Å². The summed E-state index contributed by atoms with van der Waals surface area (Å²) in [6, 6.07) is 7.98. The molecule has 0 atom stereocenters. The maximum Gasteiger partial charge on any atom is 0.0994 e. The van der Waals surface area contributed by atoms with Gasteiger partial charge in [0, 0.05) is 0 Å². The predicted octanol–water partition coefficient (Wildman–Crippen LogP) is 2.31. The van der Waals surface area contributed by atoms with Crippen LogP contribution in [0.2, 0.25) is 0 Å². The topological polar surface area (TPSA) is 23.8 Å². The smallest absolute Gasteiger partial charge is 0.0994 e. The first kappa shape index (κ1) is 8.80. The van der Waals surface area contributed by atoms with E-state index in [-0.39, 0.29) is 0 Å². The molecule has 1 rings (SSSR count). The van der Waals surface area contributed by atoms with Gasteiger partial charge < -0.3 is 0 Å². The molecule has 0 heterocycles. The molecule has 0 aliphatic heterocycles. The van der Waals surface area contributed by atoms with Gasteiger partial charge in [-0.05, 0) is 43.9 Å². The van der Waals surface area contributed by atoms with Crippen molar-refractivity contribution in [1.29, 1.82) is 5.26 Å². The monoisotopic (exact) mass is 157 g/mol. The molecule has 1 aromatic rings. The summed E-state index contributed by atoms with van der Waals surface area (Å²) in [6.45, 7) is 7.52. The third kappa shape index (κ3) is 1.65. The number of hydrogen-bond donors (Lipinski definition) is 0. The van der Waals surface area contributed by atoms with Gasteiger partial charge in [0.2, 0.25) is 0 Å². The lowest BCUT2D eigenvalue weighted by molar-refractivity contribution is 1.20. The van der Waals surface area contributed by atoms with Crippen LogP contribution in [0.1, 0.15) is 16.7 Å². The summed E-state index contributed by atoms with van der Waals surface area (Å²) in [4.78, 5) is 0. The van der Waals surface area contributed by atoms with E-state index in [1.807, 2.05) is 18.2 Å². The van der Waals surface area contributed by atoms with Crippen LogP contribution in [0, 0.1) is 25.2 Å². The van der Waals surface area contributed by atoms with Crippen LogP contribution in [-0.2, 0) is 12.8 Å². The van der Waals surface area contributed by atoms with Crippen LogP contribution in [0.3, 0.4) is 0 Å². The van der Waals surface area contributed by atoms with Crippen molar-refractivity contribution in [3.8, 4) is 6.07 Å². The molecule has 0 aromatic heterocycles. The molecule has 1 aromatic carbocycles.